The second kappa shape index (κ2) is 8.78. The first-order chi connectivity index (χ1) is 14.5. The van der Waals surface area contributed by atoms with Gasteiger partial charge in [0.05, 0.1) is 24.6 Å². The Hall–Kier alpha value is -2.74. The highest BCUT2D eigenvalue weighted by atomic mass is 32.2. The second-order valence-electron chi connectivity index (χ2n) is 8.33. The van der Waals surface area contributed by atoms with Gasteiger partial charge in [-0.1, -0.05) is 18.2 Å². The minimum atomic E-state index is -3.70. The van der Waals surface area contributed by atoms with E-state index < -0.39 is 21.7 Å². The molecule has 8 heteroatoms. The smallest absolute Gasteiger partial charge is 0.244 e. The summed E-state index contributed by atoms with van der Waals surface area (Å²) in [4.78, 5) is 13.2. The Kier molecular flexibility index (Phi) is 6.50. The molecule has 3 rings (SSSR count). The van der Waals surface area contributed by atoms with Gasteiger partial charge in [0.15, 0.2) is 0 Å². The fraction of sp³-hybridized carbons (Fsp3) is 0.435. The van der Waals surface area contributed by atoms with E-state index >= 15 is 0 Å². The summed E-state index contributed by atoms with van der Waals surface area (Å²) in [5.41, 5.74) is 0.830. The summed E-state index contributed by atoms with van der Waals surface area (Å²) in [7, 11) is -3.70. The van der Waals surface area contributed by atoms with Crippen molar-refractivity contribution < 1.29 is 22.7 Å². The molecule has 0 aliphatic carbocycles. The molecule has 0 aromatic heterocycles. The predicted octanol–water partition coefficient (Wildman–Crippen LogP) is 3.66. The van der Waals surface area contributed by atoms with Crippen molar-refractivity contribution in [1.29, 1.82) is 0 Å². The lowest BCUT2D eigenvalue weighted by molar-refractivity contribution is -0.123. The van der Waals surface area contributed by atoms with Crippen LogP contribution in [0.25, 0.3) is 0 Å². The Morgan fingerprint density at radius 1 is 1.23 bits per heavy atom. The molecule has 31 heavy (non-hydrogen) atoms. The van der Waals surface area contributed by atoms with Crippen LogP contribution in [0.4, 0.5) is 5.69 Å². The van der Waals surface area contributed by atoms with Crippen LogP contribution < -0.4 is 19.1 Å². The highest BCUT2D eigenvalue weighted by Crippen LogP contribution is 2.39. The van der Waals surface area contributed by atoms with E-state index in [1.807, 2.05) is 45.0 Å². The molecule has 168 valence electrons. The molecule has 0 unspecified atom stereocenters. The Bertz CT molecular complexity index is 1030. The van der Waals surface area contributed by atoms with Gasteiger partial charge in [0.1, 0.15) is 23.1 Å². The topological polar surface area (TPSA) is 84.9 Å². The number of nitrogens with one attached hydrogen (secondary N) is 1. The van der Waals surface area contributed by atoms with E-state index in [-0.39, 0.29) is 11.9 Å². The normalized spacial score (nSPS) is 18.3. The molecular weight excluding hydrogens is 416 g/mol. The van der Waals surface area contributed by atoms with Crippen molar-refractivity contribution in [2.75, 3.05) is 17.2 Å². The van der Waals surface area contributed by atoms with Gasteiger partial charge in [0.2, 0.25) is 15.9 Å². The summed E-state index contributed by atoms with van der Waals surface area (Å²) < 4.78 is 37.7. The summed E-state index contributed by atoms with van der Waals surface area (Å²) in [5, 5.41) is 3.03. The largest absolute Gasteiger partial charge is 0.494 e. The molecule has 2 atom stereocenters. The quantitative estimate of drug-likeness (QED) is 0.702. The first kappa shape index (κ1) is 22.9. The van der Waals surface area contributed by atoms with E-state index in [9.17, 15) is 13.2 Å². The van der Waals surface area contributed by atoms with E-state index in [1.54, 1.807) is 31.2 Å². The Labute approximate surface area is 184 Å². The average molecular weight is 447 g/mol. The molecule has 0 radical (unpaired) electrons. The molecular formula is C23H30N2O5S. The van der Waals surface area contributed by atoms with Gasteiger partial charge in [-0.25, -0.2) is 8.42 Å². The van der Waals surface area contributed by atoms with Crippen LogP contribution in [-0.4, -0.2) is 38.8 Å². The van der Waals surface area contributed by atoms with Crippen molar-refractivity contribution in [3.05, 3.63) is 54.1 Å². The van der Waals surface area contributed by atoms with Gasteiger partial charge >= 0.3 is 0 Å². The third kappa shape index (κ3) is 5.31. The lowest BCUT2D eigenvalue weighted by Gasteiger charge is -2.38. The van der Waals surface area contributed by atoms with Gasteiger partial charge in [0.25, 0.3) is 0 Å². The van der Waals surface area contributed by atoms with E-state index in [0.29, 0.717) is 24.5 Å². The van der Waals surface area contributed by atoms with Crippen LogP contribution in [0.2, 0.25) is 0 Å². The Morgan fingerprint density at radius 2 is 1.87 bits per heavy atom. The third-order valence-corrected chi connectivity index (χ3v) is 6.43. The molecule has 2 aromatic carbocycles. The number of amides is 1. The van der Waals surface area contributed by atoms with E-state index in [2.05, 4.69) is 5.32 Å². The van der Waals surface area contributed by atoms with Crippen LogP contribution in [0.15, 0.2) is 48.5 Å². The highest BCUT2D eigenvalue weighted by molar-refractivity contribution is 7.92. The summed E-state index contributed by atoms with van der Waals surface area (Å²) in [6.07, 6.45) is 1.67. The van der Waals surface area contributed by atoms with E-state index in [1.165, 1.54) is 0 Å². The van der Waals surface area contributed by atoms with Gasteiger partial charge in [-0.3, -0.25) is 9.10 Å². The number of ether oxygens (including phenoxy) is 2. The van der Waals surface area contributed by atoms with Crippen LogP contribution in [0.1, 0.15) is 45.7 Å². The molecule has 0 bridgehead atoms. The van der Waals surface area contributed by atoms with Gasteiger partial charge in [0, 0.05) is 12.0 Å². The number of carbonyl (C=O) groups excluding carboxylic acids is 1. The molecule has 1 aliphatic heterocycles. The Morgan fingerprint density at radius 3 is 2.48 bits per heavy atom. The first-order valence-electron chi connectivity index (χ1n) is 10.3. The zero-order valence-corrected chi connectivity index (χ0v) is 19.4. The predicted molar refractivity (Wildman–Crippen MR) is 121 cm³/mol. The average Bonchev–Trinajstić information content (AvgIpc) is 2.67. The van der Waals surface area contributed by atoms with Crippen molar-refractivity contribution in [3.8, 4) is 11.5 Å². The molecule has 0 spiro atoms. The lowest BCUT2D eigenvalue weighted by atomic mass is 9.89. The molecule has 0 saturated heterocycles. The molecule has 1 aliphatic rings. The van der Waals surface area contributed by atoms with Crippen molar-refractivity contribution in [2.24, 2.45) is 0 Å². The zero-order chi connectivity index (χ0) is 22.8. The fourth-order valence-electron chi connectivity index (χ4n) is 3.89. The SMILES string of the molecule is CCOc1ccc(N([C@H](C)C(=O)N[C@@H]2CC(C)(C)Oc3ccccc32)S(C)(=O)=O)cc1. The molecule has 1 amide bonds. The van der Waals surface area contributed by atoms with Crippen LogP contribution >= 0.6 is 0 Å². The van der Waals surface area contributed by atoms with Gasteiger partial charge in [-0.05, 0) is 58.0 Å². The maximum absolute atomic E-state index is 13.2. The molecule has 7 nitrogen and oxygen atoms in total. The number of sulfonamides is 1. The summed E-state index contributed by atoms with van der Waals surface area (Å²) in [5.74, 6) is 0.984. The summed E-state index contributed by atoms with van der Waals surface area (Å²) in [6, 6.07) is 13.0. The number of hydrogen-bond acceptors (Lipinski definition) is 5. The standard InChI is InChI=1S/C23H30N2O5S/c1-6-29-18-13-11-17(12-14-18)25(31(5,27)28)16(2)22(26)24-20-15-23(3,4)30-21-10-8-7-9-19(20)21/h7-14,16,20H,6,15H2,1-5H3,(H,24,26)/t16-,20-/m1/s1. The number of anilines is 1. The van der Waals surface area contributed by atoms with Crippen LogP contribution in [0.3, 0.4) is 0 Å². The molecule has 2 aromatic rings. The number of benzene rings is 2. The maximum Gasteiger partial charge on any atom is 0.244 e. The monoisotopic (exact) mass is 446 g/mol. The van der Waals surface area contributed by atoms with Crippen LogP contribution in [0.5, 0.6) is 11.5 Å². The summed E-state index contributed by atoms with van der Waals surface area (Å²) >= 11 is 0. The van der Waals surface area contributed by atoms with E-state index in [4.69, 9.17) is 9.47 Å². The van der Waals surface area contributed by atoms with Gasteiger partial charge in [-0.15, -0.1) is 0 Å². The number of hydrogen-bond donors (Lipinski definition) is 1. The van der Waals surface area contributed by atoms with Crippen molar-refractivity contribution in [2.45, 2.75) is 51.8 Å². The summed E-state index contributed by atoms with van der Waals surface area (Å²) in [6.45, 7) is 7.90. The maximum atomic E-state index is 13.2. The minimum Gasteiger partial charge on any atom is -0.494 e. The van der Waals surface area contributed by atoms with E-state index in [0.717, 1.165) is 21.9 Å². The third-order valence-electron chi connectivity index (χ3n) is 5.18. The molecule has 1 heterocycles. The Balaban J connectivity index is 1.85. The molecule has 0 saturated carbocycles. The highest BCUT2D eigenvalue weighted by Gasteiger charge is 2.36. The zero-order valence-electron chi connectivity index (χ0n) is 18.6. The van der Waals surface area contributed by atoms with Gasteiger partial charge in [-0.2, -0.15) is 0 Å². The number of nitrogens with zero attached hydrogens (tertiary/aromatic N) is 1. The first-order valence-corrected chi connectivity index (χ1v) is 12.2. The minimum absolute atomic E-state index is 0.281. The number of fused-ring (bicyclic) bond motifs is 1. The second-order valence-corrected chi connectivity index (χ2v) is 10.2. The van der Waals surface area contributed by atoms with Crippen LogP contribution in [0, 0.1) is 0 Å². The van der Waals surface area contributed by atoms with Crippen molar-refractivity contribution >= 4 is 21.6 Å². The van der Waals surface area contributed by atoms with Gasteiger partial charge < -0.3 is 14.8 Å². The lowest BCUT2D eigenvalue weighted by Crippen LogP contribution is -2.50. The number of carbonyl (C=O) groups is 1. The van der Waals surface area contributed by atoms with Crippen molar-refractivity contribution in [3.63, 3.8) is 0 Å². The van der Waals surface area contributed by atoms with Crippen LogP contribution in [-0.2, 0) is 14.8 Å². The van der Waals surface area contributed by atoms with Crippen molar-refractivity contribution in [1.82, 2.24) is 5.32 Å². The number of para-hydroxylation sites is 1. The fourth-order valence-corrected chi connectivity index (χ4v) is 5.06. The molecule has 1 N–H and O–H groups in total. The molecule has 0 fully saturated rings. The number of rotatable bonds is 7.